The molecule has 2 aromatic heterocycles. The largest absolute Gasteiger partial charge is 0.494 e. The smallest absolute Gasteiger partial charge is 0.189 e. The van der Waals surface area contributed by atoms with Crippen LogP contribution >= 0.6 is 22.7 Å². The van der Waals surface area contributed by atoms with Crippen molar-refractivity contribution in [2.75, 3.05) is 12.4 Å². The fourth-order valence-corrected chi connectivity index (χ4v) is 4.29. The maximum atomic E-state index is 13.0. The summed E-state index contributed by atoms with van der Waals surface area (Å²) in [6.07, 6.45) is 0. The molecule has 0 aliphatic rings. The Balaban J connectivity index is 1.61. The van der Waals surface area contributed by atoms with Crippen LogP contribution in [0.2, 0.25) is 0 Å². The predicted octanol–water partition coefficient (Wildman–Crippen LogP) is 5.92. The molecule has 0 radical (unpaired) electrons. The normalized spacial score (nSPS) is 10.9. The van der Waals surface area contributed by atoms with E-state index in [1.54, 1.807) is 41.9 Å². The lowest BCUT2D eigenvalue weighted by Crippen LogP contribution is -1.86. The molecular weight excluding hydrogens is 343 g/mol. The quantitative estimate of drug-likeness (QED) is 0.493. The van der Waals surface area contributed by atoms with Gasteiger partial charge in [0, 0.05) is 4.88 Å². The first kappa shape index (κ1) is 15.1. The Kier molecular flexibility index (Phi) is 3.92. The molecule has 4 aromatic rings. The van der Waals surface area contributed by atoms with Crippen LogP contribution in [-0.2, 0) is 0 Å². The number of nitrogens with one attached hydrogen (secondary N) is 1. The first-order valence-corrected chi connectivity index (χ1v) is 8.92. The second kappa shape index (κ2) is 6.22. The van der Waals surface area contributed by atoms with Gasteiger partial charge in [0.25, 0.3) is 0 Å². The summed E-state index contributed by atoms with van der Waals surface area (Å²) in [7, 11) is 1.65. The number of aromatic nitrogens is 1. The number of hydrogen-bond acceptors (Lipinski definition) is 5. The van der Waals surface area contributed by atoms with Crippen LogP contribution in [0.4, 0.5) is 14.5 Å². The highest BCUT2D eigenvalue weighted by Crippen LogP contribution is 2.37. The molecule has 2 aromatic carbocycles. The van der Waals surface area contributed by atoms with Gasteiger partial charge in [0.1, 0.15) is 17.1 Å². The number of anilines is 2. The number of thiophene rings is 1. The Labute approximate surface area is 146 Å². The molecule has 6 heteroatoms. The van der Waals surface area contributed by atoms with E-state index in [-0.39, 0.29) is 5.82 Å². The molecule has 0 spiro atoms. The van der Waals surface area contributed by atoms with Crippen LogP contribution in [0.1, 0.15) is 0 Å². The number of rotatable bonds is 4. The van der Waals surface area contributed by atoms with Crippen molar-refractivity contribution in [3.8, 4) is 16.2 Å². The molecule has 1 N–H and O–H groups in total. The lowest BCUT2D eigenvalue weighted by atomic mass is 10.2. The number of thiazole rings is 1. The number of fused-ring (bicyclic) bond motifs is 1. The molecular formula is C18H13FN2OS2. The van der Waals surface area contributed by atoms with Crippen molar-refractivity contribution in [2.24, 2.45) is 0 Å². The molecule has 3 nitrogen and oxygen atoms in total. The Bertz CT molecular complexity index is 992. The molecule has 0 unspecified atom stereocenters. The summed E-state index contributed by atoms with van der Waals surface area (Å²) in [5.41, 5.74) is 1.86. The SMILES string of the molecule is COc1cccc2sc(Nc3ccc(-c4ccc(F)cc4)s3)nc12. The fourth-order valence-electron chi connectivity index (χ4n) is 2.42. The van der Waals surface area contributed by atoms with Gasteiger partial charge in [-0.3, -0.25) is 0 Å². The number of benzene rings is 2. The van der Waals surface area contributed by atoms with Crippen LogP contribution in [0.25, 0.3) is 20.7 Å². The first-order chi connectivity index (χ1) is 11.7. The topological polar surface area (TPSA) is 34.1 Å². The molecule has 0 saturated carbocycles. The third-order valence-corrected chi connectivity index (χ3v) is 5.55. The van der Waals surface area contributed by atoms with Crippen LogP contribution in [0.3, 0.4) is 0 Å². The monoisotopic (exact) mass is 356 g/mol. The summed E-state index contributed by atoms with van der Waals surface area (Å²) in [6.45, 7) is 0. The van der Waals surface area contributed by atoms with Crippen molar-refractivity contribution in [3.63, 3.8) is 0 Å². The molecule has 120 valence electrons. The number of halogens is 1. The number of ether oxygens (including phenoxy) is 1. The molecule has 0 saturated heterocycles. The molecule has 0 bridgehead atoms. The van der Waals surface area contributed by atoms with Crippen LogP contribution in [0, 0.1) is 5.82 Å². The van der Waals surface area contributed by atoms with Crippen molar-refractivity contribution >= 4 is 43.0 Å². The highest BCUT2D eigenvalue weighted by atomic mass is 32.1. The summed E-state index contributed by atoms with van der Waals surface area (Å²) >= 11 is 3.19. The van der Waals surface area contributed by atoms with Gasteiger partial charge in [-0.15, -0.1) is 11.3 Å². The van der Waals surface area contributed by atoms with Gasteiger partial charge in [0.2, 0.25) is 0 Å². The highest BCUT2D eigenvalue weighted by molar-refractivity contribution is 7.23. The van der Waals surface area contributed by atoms with E-state index < -0.39 is 0 Å². The standard InChI is InChI=1S/C18H13FN2OS2/c1-22-13-3-2-4-15-17(13)21-18(24-15)20-16-10-9-14(23-16)11-5-7-12(19)8-6-11/h2-10H,1H3,(H,20,21). The highest BCUT2D eigenvalue weighted by Gasteiger charge is 2.10. The van der Waals surface area contributed by atoms with Crippen LogP contribution in [0.15, 0.2) is 54.6 Å². The van der Waals surface area contributed by atoms with Crippen LogP contribution < -0.4 is 10.1 Å². The van der Waals surface area contributed by atoms with Crippen molar-refractivity contribution in [1.82, 2.24) is 4.98 Å². The minimum atomic E-state index is -0.225. The van der Waals surface area contributed by atoms with Gasteiger partial charge in [-0.1, -0.05) is 29.5 Å². The molecule has 24 heavy (non-hydrogen) atoms. The maximum Gasteiger partial charge on any atom is 0.189 e. The number of hydrogen-bond donors (Lipinski definition) is 1. The van der Waals surface area contributed by atoms with Gasteiger partial charge in [0.15, 0.2) is 5.13 Å². The van der Waals surface area contributed by atoms with Gasteiger partial charge in [-0.05, 0) is 42.0 Å². The summed E-state index contributed by atoms with van der Waals surface area (Å²) in [6, 6.07) is 16.4. The number of para-hydroxylation sites is 1. The second-order valence-corrected chi connectivity index (χ2v) is 7.24. The van der Waals surface area contributed by atoms with E-state index in [1.165, 1.54) is 12.1 Å². The zero-order chi connectivity index (χ0) is 16.5. The Morgan fingerprint density at radius 1 is 1.00 bits per heavy atom. The fraction of sp³-hybridized carbons (Fsp3) is 0.0556. The van der Waals surface area contributed by atoms with Gasteiger partial charge in [-0.25, -0.2) is 9.37 Å². The van der Waals surface area contributed by atoms with E-state index >= 15 is 0 Å². The summed E-state index contributed by atoms with van der Waals surface area (Å²) in [4.78, 5) is 5.69. The van der Waals surface area contributed by atoms with E-state index in [4.69, 9.17) is 4.74 Å². The minimum absolute atomic E-state index is 0.225. The maximum absolute atomic E-state index is 13.0. The Hall–Kier alpha value is -2.44. The van der Waals surface area contributed by atoms with Crippen LogP contribution in [-0.4, -0.2) is 12.1 Å². The predicted molar refractivity (Wildman–Crippen MR) is 99.2 cm³/mol. The summed E-state index contributed by atoms with van der Waals surface area (Å²) in [5, 5.41) is 5.16. The molecule has 4 rings (SSSR count). The van der Waals surface area contributed by atoms with E-state index in [0.29, 0.717) is 0 Å². The van der Waals surface area contributed by atoms with Crippen molar-refractivity contribution in [3.05, 3.63) is 60.4 Å². The molecule has 2 heterocycles. The summed E-state index contributed by atoms with van der Waals surface area (Å²) < 4.78 is 19.5. The van der Waals surface area contributed by atoms with E-state index in [1.807, 2.05) is 30.3 Å². The Morgan fingerprint density at radius 2 is 1.83 bits per heavy atom. The zero-order valence-corrected chi connectivity index (χ0v) is 14.4. The van der Waals surface area contributed by atoms with E-state index in [0.717, 1.165) is 36.5 Å². The lowest BCUT2D eigenvalue weighted by molar-refractivity contribution is 0.419. The lowest BCUT2D eigenvalue weighted by Gasteiger charge is -1.99. The van der Waals surface area contributed by atoms with Crippen molar-refractivity contribution < 1.29 is 9.13 Å². The molecule has 0 aliphatic heterocycles. The number of nitrogens with zero attached hydrogens (tertiary/aromatic N) is 1. The third-order valence-electron chi connectivity index (χ3n) is 3.57. The second-order valence-electron chi connectivity index (χ2n) is 5.12. The molecule has 0 fully saturated rings. The van der Waals surface area contributed by atoms with Gasteiger partial charge >= 0.3 is 0 Å². The first-order valence-electron chi connectivity index (χ1n) is 7.29. The zero-order valence-electron chi connectivity index (χ0n) is 12.7. The van der Waals surface area contributed by atoms with E-state index in [9.17, 15) is 4.39 Å². The average molecular weight is 356 g/mol. The van der Waals surface area contributed by atoms with Crippen LogP contribution in [0.5, 0.6) is 5.75 Å². The minimum Gasteiger partial charge on any atom is -0.494 e. The Morgan fingerprint density at radius 3 is 2.62 bits per heavy atom. The van der Waals surface area contributed by atoms with Gasteiger partial charge in [0.05, 0.1) is 16.8 Å². The molecule has 0 amide bonds. The molecule has 0 atom stereocenters. The van der Waals surface area contributed by atoms with Crippen molar-refractivity contribution in [2.45, 2.75) is 0 Å². The molecule has 0 aliphatic carbocycles. The summed E-state index contributed by atoms with van der Waals surface area (Å²) in [5.74, 6) is 0.548. The number of methoxy groups -OCH3 is 1. The average Bonchev–Trinajstić information content (AvgIpc) is 3.22. The van der Waals surface area contributed by atoms with Gasteiger partial charge < -0.3 is 10.1 Å². The third kappa shape index (κ3) is 2.86. The van der Waals surface area contributed by atoms with Crippen molar-refractivity contribution in [1.29, 1.82) is 0 Å². The van der Waals surface area contributed by atoms with E-state index in [2.05, 4.69) is 10.3 Å². The van der Waals surface area contributed by atoms with Gasteiger partial charge in [-0.2, -0.15) is 0 Å².